The van der Waals surface area contributed by atoms with Crippen LogP contribution in [0.15, 0.2) is 4.52 Å². The molecule has 1 atom stereocenters. The minimum absolute atomic E-state index is 0.149. The van der Waals surface area contributed by atoms with E-state index in [1.807, 2.05) is 13.8 Å². The summed E-state index contributed by atoms with van der Waals surface area (Å²) in [5, 5.41) is 9.56. The van der Waals surface area contributed by atoms with Crippen molar-refractivity contribution in [3.8, 4) is 0 Å². The van der Waals surface area contributed by atoms with Crippen LogP contribution in [0.3, 0.4) is 0 Å². The zero-order chi connectivity index (χ0) is 16.7. The van der Waals surface area contributed by atoms with Crippen molar-refractivity contribution >= 4 is 6.03 Å². The lowest BCUT2D eigenvalue weighted by Gasteiger charge is -2.28. The number of carbonyl (C=O) groups is 1. The fourth-order valence-corrected chi connectivity index (χ4v) is 2.52. The fraction of sp³-hybridized carbons (Fsp3) is 0.800. The van der Waals surface area contributed by atoms with E-state index >= 15 is 0 Å². The van der Waals surface area contributed by atoms with Crippen molar-refractivity contribution in [3.63, 3.8) is 0 Å². The number of hydrogen-bond acceptors (Lipinski definition) is 6. The van der Waals surface area contributed by atoms with E-state index in [2.05, 4.69) is 20.8 Å². The van der Waals surface area contributed by atoms with Gasteiger partial charge in [-0.1, -0.05) is 5.16 Å². The van der Waals surface area contributed by atoms with Gasteiger partial charge in [-0.3, -0.25) is 0 Å². The predicted molar refractivity (Wildman–Crippen MR) is 82.9 cm³/mol. The summed E-state index contributed by atoms with van der Waals surface area (Å²) in [6, 6.07) is -0.559. The molecular formula is C15H26N4O4. The molecule has 130 valence electrons. The van der Waals surface area contributed by atoms with E-state index in [1.54, 1.807) is 6.92 Å². The first-order valence-electron chi connectivity index (χ1n) is 8.10. The van der Waals surface area contributed by atoms with Crippen LogP contribution in [0.1, 0.15) is 44.4 Å². The number of nitrogens with zero attached hydrogens (tertiary/aromatic N) is 2. The van der Waals surface area contributed by atoms with Gasteiger partial charge in [-0.2, -0.15) is 4.98 Å². The van der Waals surface area contributed by atoms with Gasteiger partial charge in [0.05, 0.1) is 12.7 Å². The molecule has 2 rings (SSSR count). The van der Waals surface area contributed by atoms with Crippen LogP contribution in [0.5, 0.6) is 0 Å². The maximum Gasteiger partial charge on any atom is 0.315 e. The molecule has 1 aliphatic rings. The molecule has 0 radical (unpaired) electrons. The lowest BCUT2D eigenvalue weighted by Crippen LogP contribution is -2.43. The van der Waals surface area contributed by atoms with E-state index in [0.29, 0.717) is 38.1 Å². The molecule has 2 heterocycles. The van der Waals surface area contributed by atoms with E-state index in [0.717, 1.165) is 12.8 Å². The molecule has 1 aliphatic heterocycles. The van der Waals surface area contributed by atoms with Crippen LogP contribution >= 0.6 is 0 Å². The van der Waals surface area contributed by atoms with Gasteiger partial charge in [0.25, 0.3) is 0 Å². The first kappa shape index (κ1) is 17.7. The molecule has 1 aromatic heterocycles. The lowest BCUT2D eigenvalue weighted by molar-refractivity contribution is 0.0501. The summed E-state index contributed by atoms with van der Waals surface area (Å²) < 4.78 is 16.1. The average molecular weight is 326 g/mol. The summed E-state index contributed by atoms with van der Waals surface area (Å²) in [6.07, 6.45) is 1.85. The summed E-state index contributed by atoms with van der Waals surface area (Å²) in [7, 11) is 0. The van der Waals surface area contributed by atoms with Crippen LogP contribution in [0.2, 0.25) is 0 Å². The number of amides is 2. The van der Waals surface area contributed by atoms with Gasteiger partial charge in [-0.15, -0.1) is 0 Å². The van der Waals surface area contributed by atoms with Gasteiger partial charge in [0.1, 0.15) is 6.04 Å². The molecule has 1 unspecified atom stereocenters. The maximum atomic E-state index is 12.1. The minimum Gasteiger partial charge on any atom is -0.381 e. The summed E-state index contributed by atoms with van der Waals surface area (Å²) in [5.41, 5.74) is 0. The van der Waals surface area contributed by atoms with Crippen molar-refractivity contribution in [3.05, 3.63) is 11.7 Å². The smallest absolute Gasteiger partial charge is 0.315 e. The van der Waals surface area contributed by atoms with Crippen molar-refractivity contribution < 1.29 is 18.8 Å². The molecule has 1 saturated heterocycles. The molecule has 0 spiro atoms. The maximum absolute atomic E-state index is 12.1. The normalized spacial score (nSPS) is 17.2. The third-order valence-corrected chi connectivity index (χ3v) is 3.67. The second kappa shape index (κ2) is 8.83. The third-order valence-electron chi connectivity index (χ3n) is 3.67. The largest absolute Gasteiger partial charge is 0.381 e. The number of carbonyl (C=O) groups excluding carboxylic acids is 1. The number of ether oxygens (including phenoxy) is 2. The van der Waals surface area contributed by atoms with Crippen molar-refractivity contribution in [1.29, 1.82) is 0 Å². The van der Waals surface area contributed by atoms with Crippen LogP contribution in [0, 0.1) is 12.8 Å². The summed E-state index contributed by atoms with van der Waals surface area (Å²) in [4.78, 5) is 16.4. The number of aryl methyl sites for hydroxylation is 1. The van der Waals surface area contributed by atoms with E-state index in [1.165, 1.54) is 0 Å². The second-order valence-corrected chi connectivity index (χ2v) is 5.93. The summed E-state index contributed by atoms with van der Waals surface area (Å²) in [5.74, 6) is 1.23. The molecular weight excluding hydrogens is 300 g/mol. The molecule has 8 nitrogen and oxygen atoms in total. The highest BCUT2D eigenvalue weighted by molar-refractivity contribution is 5.74. The Morgan fingerprint density at radius 1 is 1.39 bits per heavy atom. The highest BCUT2D eigenvalue weighted by Crippen LogP contribution is 2.29. The number of urea groups is 1. The minimum atomic E-state index is -0.300. The van der Waals surface area contributed by atoms with Crippen molar-refractivity contribution in [1.82, 2.24) is 20.8 Å². The molecule has 1 aromatic rings. The topological polar surface area (TPSA) is 98.5 Å². The SMILES string of the molecule is Cc1noc(C(NC(=O)NCCOC(C)C)C2CCOCC2)n1. The monoisotopic (exact) mass is 326 g/mol. The van der Waals surface area contributed by atoms with Crippen LogP contribution in [0.4, 0.5) is 4.79 Å². The Bertz CT molecular complexity index is 486. The quantitative estimate of drug-likeness (QED) is 0.738. The molecule has 23 heavy (non-hydrogen) atoms. The highest BCUT2D eigenvalue weighted by Gasteiger charge is 2.31. The number of rotatable bonds is 7. The van der Waals surface area contributed by atoms with E-state index < -0.39 is 0 Å². The predicted octanol–water partition coefficient (Wildman–Crippen LogP) is 1.57. The molecule has 0 aromatic carbocycles. The Morgan fingerprint density at radius 2 is 2.13 bits per heavy atom. The standard InChI is InChI=1S/C15H26N4O4/c1-10(2)22-9-6-16-15(20)18-13(12-4-7-21-8-5-12)14-17-11(3)19-23-14/h10,12-13H,4-9H2,1-3H3,(H2,16,18,20). The fourth-order valence-electron chi connectivity index (χ4n) is 2.52. The molecule has 2 N–H and O–H groups in total. The van der Waals surface area contributed by atoms with Crippen molar-refractivity contribution in [2.24, 2.45) is 5.92 Å². The summed E-state index contributed by atoms with van der Waals surface area (Å²) in [6.45, 7) is 7.97. The Kier molecular flexibility index (Phi) is 6.79. The van der Waals surface area contributed by atoms with Gasteiger partial charge < -0.3 is 24.6 Å². The van der Waals surface area contributed by atoms with Gasteiger partial charge in [-0.05, 0) is 39.5 Å². The van der Waals surface area contributed by atoms with Gasteiger partial charge >= 0.3 is 6.03 Å². The Morgan fingerprint density at radius 3 is 2.74 bits per heavy atom. The average Bonchev–Trinajstić information content (AvgIpc) is 2.96. The van der Waals surface area contributed by atoms with E-state index in [9.17, 15) is 4.79 Å². The third kappa shape index (κ3) is 5.80. The number of hydrogen-bond donors (Lipinski definition) is 2. The second-order valence-electron chi connectivity index (χ2n) is 5.93. The molecule has 0 aliphatic carbocycles. The van der Waals surface area contributed by atoms with Crippen LogP contribution in [-0.2, 0) is 9.47 Å². The number of nitrogens with one attached hydrogen (secondary N) is 2. The van der Waals surface area contributed by atoms with Gasteiger partial charge in [0.2, 0.25) is 5.89 Å². The lowest BCUT2D eigenvalue weighted by atomic mass is 9.91. The first-order chi connectivity index (χ1) is 11.1. The Labute approximate surface area is 136 Å². The van der Waals surface area contributed by atoms with Crippen LogP contribution in [0.25, 0.3) is 0 Å². The van der Waals surface area contributed by atoms with Crippen LogP contribution < -0.4 is 10.6 Å². The molecule has 1 fully saturated rings. The van der Waals surface area contributed by atoms with E-state index in [4.69, 9.17) is 14.0 Å². The van der Waals surface area contributed by atoms with Crippen molar-refractivity contribution in [2.45, 2.75) is 45.8 Å². The molecule has 0 bridgehead atoms. The Hall–Kier alpha value is -1.67. The van der Waals surface area contributed by atoms with Gasteiger partial charge in [0.15, 0.2) is 5.82 Å². The highest BCUT2D eigenvalue weighted by atomic mass is 16.5. The van der Waals surface area contributed by atoms with Gasteiger partial charge in [-0.25, -0.2) is 4.79 Å². The van der Waals surface area contributed by atoms with Gasteiger partial charge in [0, 0.05) is 19.8 Å². The summed E-state index contributed by atoms with van der Waals surface area (Å²) >= 11 is 0. The Balaban J connectivity index is 1.90. The van der Waals surface area contributed by atoms with Crippen LogP contribution in [-0.4, -0.2) is 48.6 Å². The van der Waals surface area contributed by atoms with Crippen molar-refractivity contribution in [2.75, 3.05) is 26.4 Å². The molecule has 2 amide bonds. The molecule has 8 heteroatoms. The molecule has 0 saturated carbocycles. The first-order valence-corrected chi connectivity index (χ1v) is 8.10. The zero-order valence-electron chi connectivity index (χ0n) is 14.0. The number of aromatic nitrogens is 2. The zero-order valence-corrected chi connectivity index (χ0v) is 14.0. The van der Waals surface area contributed by atoms with E-state index in [-0.39, 0.29) is 24.1 Å².